The highest BCUT2D eigenvalue weighted by Gasteiger charge is 2.19. The molecule has 0 fully saturated rings. The topological polar surface area (TPSA) is 69.6 Å². The Hall–Kier alpha value is -0.870. The summed E-state index contributed by atoms with van der Waals surface area (Å²) in [6.45, 7) is 4.34. The highest BCUT2D eigenvalue weighted by Crippen LogP contribution is 2.16. The third-order valence-electron chi connectivity index (χ3n) is 9.53. The van der Waals surface area contributed by atoms with Crippen LogP contribution in [-0.4, -0.2) is 34.9 Å². The first-order valence-corrected chi connectivity index (χ1v) is 20.4. The van der Waals surface area contributed by atoms with Crippen molar-refractivity contribution < 1.29 is 15.0 Å². The zero-order valence-corrected chi connectivity index (χ0v) is 30.7. The van der Waals surface area contributed by atoms with E-state index in [-0.39, 0.29) is 12.5 Å². The van der Waals surface area contributed by atoms with Gasteiger partial charge < -0.3 is 15.5 Å². The van der Waals surface area contributed by atoms with Crippen LogP contribution in [0.2, 0.25) is 0 Å². The van der Waals surface area contributed by atoms with E-state index in [1.54, 1.807) is 0 Å². The molecule has 0 aliphatic carbocycles. The van der Waals surface area contributed by atoms with Crippen LogP contribution in [0, 0.1) is 0 Å². The summed E-state index contributed by atoms with van der Waals surface area (Å²) in [5.41, 5.74) is 0. The van der Waals surface area contributed by atoms with E-state index in [0.29, 0.717) is 12.8 Å². The molecule has 0 radical (unpaired) electrons. The van der Waals surface area contributed by atoms with Gasteiger partial charge >= 0.3 is 0 Å². The molecule has 2 atom stereocenters. The number of unbranched alkanes of at least 4 members (excludes halogenated alkanes) is 28. The van der Waals surface area contributed by atoms with Gasteiger partial charge in [0.2, 0.25) is 5.91 Å². The summed E-state index contributed by atoms with van der Waals surface area (Å²) < 4.78 is 0. The molecular formula is C41H81NO3. The molecule has 0 heterocycles. The quantitative estimate of drug-likeness (QED) is 0.0470. The van der Waals surface area contributed by atoms with E-state index in [9.17, 15) is 15.0 Å². The van der Waals surface area contributed by atoms with Gasteiger partial charge in [0.1, 0.15) is 0 Å². The number of hydrogen-bond donors (Lipinski definition) is 3. The molecule has 0 unspecified atom stereocenters. The van der Waals surface area contributed by atoms with Crippen molar-refractivity contribution in [2.45, 2.75) is 238 Å². The SMILES string of the molecule is CCCCCCC/C=C/CCCC[C@@H](O)[C@H](CO)NC(=O)CCCCCCCCCCCCCCCCCCCCCCCC. The van der Waals surface area contributed by atoms with E-state index in [1.807, 2.05) is 0 Å². The number of allylic oxidation sites excluding steroid dienone is 2. The number of aliphatic hydroxyl groups excluding tert-OH is 2. The zero-order chi connectivity index (χ0) is 32.9. The number of carbonyl (C=O) groups excluding carboxylic acids is 1. The van der Waals surface area contributed by atoms with Gasteiger partial charge in [0.15, 0.2) is 0 Å². The van der Waals surface area contributed by atoms with Gasteiger partial charge in [-0.05, 0) is 38.5 Å². The van der Waals surface area contributed by atoms with E-state index in [1.165, 1.54) is 167 Å². The van der Waals surface area contributed by atoms with Gasteiger partial charge in [-0.3, -0.25) is 4.79 Å². The minimum atomic E-state index is -0.675. The third kappa shape index (κ3) is 34.3. The Morgan fingerprint density at radius 2 is 0.844 bits per heavy atom. The predicted molar refractivity (Wildman–Crippen MR) is 198 cm³/mol. The Morgan fingerprint density at radius 1 is 0.511 bits per heavy atom. The lowest BCUT2D eigenvalue weighted by atomic mass is 10.0. The summed E-state index contributed by atoms with van der Waals surface area (Å²) in [6, 6.07) is -0.545. The van der Waals surface area contributed by atoms with E-state index >= 15 is 0 Å². The standard InChI is InChI=1S/C41H81NO3/c1-3-5-7-9-11-13-15-16-17-18-19-20-21-22-23-24-25-27-29-31-33-35-37-41(45)42-39(38-43)40(44)36-34-32-30-28-26-14-12-10-8-6-4-2/h26,28,39-40,43-44H,3-25,27,29-38H2,1-2H3,(H,42,45)/b28-26+/t39-,40+/m0/s1. The molecule has 0 aliphatic rings. The molecule has 268 valence electrons. The maximum absolute atomic E-state index is 12.3. The van der Waals surface area contributed by atoms with Crippen LogP contribution in [0.15, 0.2) is 12.2 Å². The van der Waals surface area contributed by atoms with Crippen molar-refractivity contribution in [1.29, 1.82) is 0 Å². The molecule has 4 heteroatoms. The number of rotatable bonds is 37. The van der Waals surface area contributed by atoms with Gasteiger partial charge in [-0.2, -0.15) is 0 Å². The number of amides is 1. The highest BCUT2D eigenvalue weighted by atomic mass is 16.3. The van der Waals surface area contributed by atoms with E-state index in [4.69, 9.17) is 0 Å². The van der Waals surface area contributed by atoms with Crippen LogP contribution < -0.4 is 5.32 Å². The molecule has 45 heavy (non-hydrogen) atoms. The Kier molecular flexibility index (Phi) is 36.9. The lowest BCUT2D eigenvalue weighted by Crippen LogP contribution is -2.45. The van der Waals surface area contributed by atoms with Crippen LogP contribution in [0.4, 0.5) is 0 Å². The Balaban J connectivity index is 3.47. The first-order chi connectivity index (χ1) is 22.2. The van der Waals surface area contributed by atoms with E-state index in [0.717, 1.165) is 32.1 Å². The van der Waals surface area contributed by atoms with Crippen LogP contribution in [0.3, 0.4) is 0 Å². The van der Waals surface area contributed by atoms with Crippen LogP contribution in [0.25, 0.3) is 0 Å². The highest BCUT2D eigenvalue weighted by molar-refractivity contribution is 5.76. The van der Waals surface area contributed by atoms with Gasteiger partial charge in [0, 0.05) is 6.42 Å². The van der Waals surface area contributed by atoms with Crippen molar-refractivity contribution in [1.82, 2.24) is 5.32 Å². The van der Waals surface area contributed by atoms with E-state index < -0.39 is 12.1 Å². The van der Waals surface area contributed by atoms with E-state index in [2.05, 4.69) is 31.3 Å². The Bertz CT molecular complexity index is 608. The van der Waals surface area contributed by atoms with Gasteiger partial charge in [-0.1, -0.05) is 193 Å². The van der Waals surface area contributed by atoms with Crippen LogP contribution >= 0.6 is 0 Å². The first kappa shape index (κ1) is 44.1. The molecule has 1 amide bonds. The van der Waals surface area contributed by atoms with Gasteiger partial charge in [-0.15, -0.1) is 0 Å². The van der Waals surface area contributed by atoms with Gasteiger partial charge in [0.05, 0.1) is 18.8 Å². The fraction of sp³-hybridized carbons (Fsp3) is 0.927. The Morgan fingerprint density at radius 3 is 1.22 bits per heavy atom. The lowest BCUT2D eigenvalue weighted by Gasteiger charge is -2.22. The van der Waals surface area contributed by atoms with Gasteiger partial charge in [0.25, 0.3) is 0 Å². The average Bonchev–Trinajstić information content (AvgIpc) is 3.04. The monoisotopic (exact) mass is 636 g/mol. The molecule has 0 aliphatic heterocycles. The molecule has 4 nitrogen and oxygen atoms in total. The summed E-state index contributed by atoms with van der Waals surface area (Å²) in [5, 5.41) is 23.0. The largest absolute Gasteiger partial charge is 0.394 e. The number of hydrogen-bond acceptors (Lipinski definition) is 3. The molecule has 0 spiro atoms. The van der Waals surface area contributed by atoms with Crippen molar-refractivity contribution in [3.63, 3.8) is 0 Å². The van der Waals surface area contributed by atoms with Crippen molar-refractivity contribution in [2.75, 3.05) is 6.61 Å². The van der Waals surface area contributed by atoms with Crippen molar-refractivity contribution in [2.24, 2.45) is 0 Å². The summed E-state index contributed by atoms with van der Waals surface area (Å²) >= 11 is 0. The van der Waals surface area contributed by atoms with Crippen molar-refractivity contribution >= 4 is 5.91 Å². The summed E-state index contributed by atoms with van der Waals surface area (Å²) in [4.78, 5) is 12.3. The molecule has 0 aromatic rings. The van der Waals surface area contributed by atoms with Crippen molar-refractivity contribution in [3.05, 3.63) is 12.2 Å². The predicted octanol–water partition coefficient (Wildman–Crippen LogP) is 12.3. The maximum atomic E-state index is 12.3. The van der Waals surface area contributed by atoms with Crippen LogP contribution in [0.1, 0.15) is 226 Å². The fourth-order valence-corrected chi connectivity index (χ4v) is 6.36. The average molecular weight is 636 g/mol. The molecule has 0 saturated carbocycles. The number of aliphatic hydroxyl groups is 2. The minimum absolute atomic E-state index is 0.0388. The van der Waals surface area contributed by atoms with Crippen LogP contribution in [0.5, 0.6) is 0 Å². The number of nitrogens with one attached hydrogen (secondary N) is 1. The smallest absolute Gasteiger partial charge is 0.220 e. The second kappa shape index (κ2) is 37.6. The van der Waals surface area contributed by atoms with Crippen molar-refractivity contribution in [3.8, 4) is 0 Å². The van der Waals surface area contributed by atoms with Gasteiger partial charge in [-0.25, -0.2) is 0 Å². The molecule has 3 N–H and O–H groups in total. The Labute approximate surface area is 282 Å². The normalized spacial score (nSPS) is 13.1. The van der Waals surface area contributed by atoms with Crippen LogP contribution in [-0.2, 0) is 4.79 Å². The molecular weight excluding hydrogens is 554 g/mol. The first-order valence-electron chi connectivity index (χ1n) is 20.4. The molecule has 0 rings (SSSR count). The second-order valence-electron chi connectivity index (χ2n) is 14.1. The zero-order valence-electron chi connectivity index (χ0n) is 30.7. The summed E-state index contributed by atoms with van der Waals surface area (Å²) in [5.74, 6) is -0.0388. The summed E-state index contributed by atoms with van der Waals surface area (Å²) in [6.07, 6.45) is 45.7. The lowest BCUT2D eigenvalue weighted by molar-refractivity contribution is -0.123. The second-order valence-corrected chi connectivity index (χ2v) is 14.1. The third-order valence-corrected chi connectivity index (χ3v) is 9.53. The molecule has 0 bridgehead atoms. The maximum Gasteiger partial charge on any atom is 0.220 e. The fourth-order valence-electron chi connectivity index (χ4n) is 6.36. The molecule has 0 aromatic carbocycles. The molecule has 0 saturated heterocycles. The number of carbonyl (C=O) groups is 1. The molecule has 0 aromatic heterocycles. The summed E-state index contributed by atoms with van der Waals surface area (Å²) in [7, 11) is 0. The minimum Gasteiger partial charge on any atom is -0.394 e.